The van der Waals surface area contributed by atoms with Crippen molar-refractivity contribution in [2.24, 2.45) is 0 Å². The van der Waals surface area contributed by atoms with Crippen LogP contribution in [0.4, 0.5) is 0 Å². The van der Waals surface area contributed by atoms with Gasteiger partial charge in [-0.1, -0.05) is 61.4 Å². The predicted molar refractivity (Wildman–Crippen MR) is 64.3 cm³/mol. The Bertz CT molecular complexity index is 241. The lowest BCUT2D eigenvalue weighted by atomic mass is 10.1. The van der Waals surface area contributed by atoms with E-state index in [1.165, 1.54) is 25.7 Å². The smallest absolute Gasteiger partial charge is 0.0133 e. The number of unbranched alkanes of at least 4 members (excludes halogenated alkanes) is 1. The van der Waals surface area contributed by atoms with Crippen molar-refractivity contribution in [2.75, 3.05) is 0 Å². The van der Waals surface area contributed by atoms with Gasteiger partial charge in [-0.25, -0.2) is 0 Å². The van der Waals surface area contributed by atoms with Crippen molar-refractivity contribution >= 4 is 0 Å². The average molecular weight is 188 g/mol. The molecule has 0 saturated heterocycles. The van der Waals surface area contributed by atoms with Crippen LogP contribution < -0.4 is 0 Å². The minimum Gasteiger partial charge on any atom is -0.0808 e. The third-order valence-electron chi connectivity index (χ3n) is 2.35. The number of rotatable bonds is 3. The third kappa shape index (κ3) is 4.86. The highest BCUT2D eigenvalue weighted by atomic mass is 14.0. The molecule has 0 amide bonds. The maximum Gasteiger partial charge on any atom is -0.0133 e. The van der Waals surface area contributed by atoms with Crippen molar-refractivity contribution in [2.45, 2.75) is 39.0 Å². The summed E-state index contributed by atoms with van der Waals surface area (Å²) in [5.41, 5.74) is 1.61. The summed E-state index contributed by atoms with van der Waals surface area (Å²) in [4.78, 5) is 0. The second-order valence-corrected chi connectivity index (χ2v) is 3.65. The molecule has 0 spiro atoms. The molecule has 0 bridgehead atoms. The van der Waals surface area contributed by atoms with Crippen molar-refractivity contribution in [1.82, 2.24) is 0 Å². The normalized spacial score (nSPS) is 16.8. The van der Waals surface area contributed by atoms with E-state index in [4.69, 9.17) is 0 Å². The first-order valence-electron chi connectivity index (χ1n) is 5.59. The van der Waals surface area contributed by atoms with Crippen molar-refractivity contribution in [3.8, 4) is 0 Å². The lowest BCUT2D eigenvalue weighted by Gasteiger charge is -1.96. The van der Waals surface area contributed by atoms with Crippen LogP contribution in [0.2, 0.25) is 0 Å². The number of hydrogen-bond acceptors (Lipinski definition) is 0. The van der Waals surface area contributed by atoms with Crippen LogP contribution in [-0.4, -0.2) is 0 Å². The van der Waals surface area contributed by atoms with Crippen molar-refractivity contribution in [3.05, 3.63) is 48.1 Å². The van der Waals surface area contributed by atoms with Crippen LogP contribution in [0.25, 0.3) is 0 Å². The summed E-state index contributed by atoms with van der Waals surface area (Å²) in [5, 5.41) is 0. The third-order valence-corrected chi connectivity index (χ3v) is 2.35. The largest absolute Gasteiger partial charge is 0.0808 e. The lowest BCUT2D eigenvalue weighted by Crippen LogP contribution is -1.77. The van der Waals surface area contributed by atoms with E-state index in [-0.39, 0.29) is 0 Å². The molecular weight excluding hydrogens is 168 g/mol. The highest BCUT2D eigenvalue weighted by molar-refractivity contribution is 5.22. The second kappa shape index (κ2) is 7.37. The van der Waals surface area contributed by atoms with E-state index in [0.29, 0.717) is 0 Å². The quantitative estimate of drug-likeness (QED) is 0.608. The Morgan fingerprint density at radius 2 is 1.86 bits per heavy atom. The Hall–Kier alpha value is -1.04. The van der Waals surface area contributed by atoms with Crippen molar-refractivity contribution in [1.29, 1.82) is 0 Å². The summed E-state index contributed by atoms with van der Waals surface area (Å²) in [6, 6.07) is 0. The fraction of sp³-hybridized carbons (Fsp3) is 0.429. The highest BCUT2D eigenvalue weighted by Crippen LogP contribution is 2.16. The van der Waals surface area contributed by atoms with E-state index in [1.54, 1.807) is 5.57 Å². The fourth-order valence-electron chi connectivity index (χ4n) is 1.47. The first kappa shape index (κ1) is 11.0. The molecule has 0 aromatic heterocycles. The van der Waals surface area contributed by atoms with E-state index in [0.717, 1.165) is 6.42 Å². The first-order valence-corrected chi connectivity index (χ1v) is 5.59. The Morgan fingerprint density at radius 1 is 1.07 bits per heavy atom. The molecule has 0 fully saturated rings. The molecular formula is C14H20. The summed E-state index contributed by atoms with van der Waals surface area (Å²) in [5.74, 6) is 0. The molecule has 0 aliphatic heterocycles. The zero-order valence-corrected chi connectivity index (χ0v) is 9.08. The van der Waals surface area contributed by atoms with Gasteiger partial charge in [0, 0.05) is 0 Å². The number of hydrogen-bond donors (Lipinski definition) is 0. The van der Waals surface area contributed by atoms with Gasteiger partial charge in [0.2, 0.25) is 0 Å². The molecule has 0 unspecified atom stereocenters. The van der Waals surface area contributed by atoms with Gasteiger partial charge in [-0.2, -0.15) is 0 Å². The lowest BCUT2D eigenvalue weighted by molar-refractivity contribution is 0.779. The van der Waals surface area contributed by atoms with Gasteiger partial charge < -0.3 is 0 Å². The van der Waals surface area contributed by atoms with Gasteiger partial charge in [-0.15, -0.1) is 0 Å². The monoisotopic (exact) mass is 188 g/mol. The summed E-state index contributed by atoms with van der Waals surface area (Å²) >= 11 is 0. The van der Waals surface area contributed by atoms with Crippen LogP contribution in [-0.2, 0) is 0 Å². The molecule has 14 heavy (non-hydrogen) atoms. The summed E-state index contributed by atoms with van der Waals surface area (Å²) < 4.78 is 0. The molecule has 0 N–H and O–H groups in total. The summed E-state index contributed by atoms with van der Waals surface area (Å²) in [7, 11) is 0. The molecule has 2 rings (SSSR count). The van der Waals surface area contributed by atoms with Crippen LogP contribution >= 0.6 is 0 Å². The average Bonchev–Trinajstić information content (AvgIpc) is 2.90. The SMILES string of the molecule is C1=CCC=C1.CCCCC1=CC=CC1. The molecule has 0 radical (unpaired) electrons. The Morgan fingerprint density at radius 3 is 2.29 bits per heavy atom. The number of allylic oxidation sites excluding steroid dienone is 8. The van der Waals surface area contributed by atoms with E-state index >= 15 is 0 Å². The minimum atomic E-state index is 1.14. The van der Waals surface area contributed by atoms with E-state index in [1.807, 2.05) is 0 Å². The molecule has 0 saturated carbocycles. The van der Waals surface area contributed by atoms with Crippen LogP contribution in [0, 0.1) is 0 Å². The van der Waals surface area contributed by atoms with Gasteiger partial charge in [0.15, 0.2) is 0 Å². The molecule has 0 heteroatoms. The zero-order valence-electron chi connectivity index (χ0n) is 9.08. The molecule has 0 aromatic carbocycles. The molecule has 0 nitrogen and oxygen atoms in total. The predicted octanol–water partition coefficient (Wildman–Crippen LogP) is 4.57. The van der Waals surface area contributed by atoms with Crippen LogP contribution in [0.1, 0.15) is 39.0 Å². The molecule has 0 aromatic rings. The Kier molecular flexibility index (Phi) is 5.81. The van der Waals surface area contributed by atoms with Gasteiger partial charge in [0.1, 0.15) is 0 Å². The summed E-state index contributed by atoms with van der Waals surface area (Å²) in [6.07, 6.45) is 21.3. The van der Waals surface area contributed by atoms with Gasteiger partial charge in [0.25, 0.3) is 0 Å². The zero-order chi connectivity index (χ0) is 10.1. The molecule has 0 heterocycles. The van der Waals surface area contributed by atoms with Gasteiger partial charge in [-0.3, -0.25) is 0 Å². The van der Waals surface area contributed by atoms with Crippen LogP contribution in [0.5, 0.6) is 0 Å². The Labute approximate surface area is 87.7 Å². The van der Waals surface area contributed by atoms with E-state index in [9.17, 15) is 0 Å². The fourth-order valence-corrected chi connectivity index (χ4v) is 1.47. The topological polar surface area (TPSA) is 0 Å². The van der Waals surface area contributed by atoms with Crippen LogP contribution in [0.15, 0.2) is 48.1 Å². The summed E-state index contributed by atoms with van der Waals surface area (Å²) in [6.45, 7) is 2.24. The van der Waals surface area contributed by atoms with E-state index < -0.39 is 0 Å². The first-order chi connectivity index (χ1) is 6.93. The maximum absolute atomic E-state index is 2.25. The molecule has 2 aliphatic carbocycles. The van der Waals surface area contributed by atoms with E-state index in [2.05, 4.69) is 49.5 Å². The molecule has 0 atom stereocenters. The minimum absolute atomic E-state index is 1.14. The molecule has 76 valence electrons. The van der Waals surface area contributed by atoms with Crippen LogP contribution in [0.3, 0.4) is 0 Å². The van der Waals surface area contributed by atoms with Gasteiger partial charge in [-0.05, 0) is 25.7 Å². The van der Waals surface area contributed by atoms with Crippen molar-refractivity contribution < 1.29 is 0 Å². The standard InChI is InChI=1S/C9H14.C5H6/c1-2-3-6-9-7-4-5-8-9;1-2-4-5-3-1/h4-5,7H,2-3,6,8H2,1H3;1-4H,5H2. The molecule has 2 aliphatic rings. The van der Waals surface area contributed by atoms with Gasteiger partial charge in [0.05, 0.1) is 0 Å². The highest BCUT2D eigenvalue weighted by Gasteiger charge is 1.96. The van der Waals surface area contributed by atoms with Gasteiger partial charge >= 0.3 is 0 Å². The Balaban J connectivity index is 0.000000165. The second-order valence-electron chi connectivity index (χ2n) is 3.65. The van der Waals surface area contributed by atoms with Crippen molar-refractivity contribution in [3.63, 3.8) is 0 Å². The maximum atomic E-state index is 2.25.